The van der Waals surface area contributed by atoms with Crippen LogP contribution in [0, 0.1) is 0 Å². The van der Waals surface area contributed by atoms with Gasteiger partial charge in [0.1, 0.15) is 0 Å². The quantitative estimate of drug-likeness (QED) is 0.321. The van der Waals surface area contributed by atoms with E-state index in [2.05, 4.69) is 139 Å². The smallest absolute Gasteiger partial charge is 0.376 e. The minimum absolute atomic E-state index is 0.00569. The molecular weight excluding hydrogens is 508 g/mol. The van der Waals surface area contributed by atoms with Gasteiger partial charge in [-0.25, -0.2) is 19.9 Å². The molecule has 2 aliphatic rings. The van der Waals surface area contributed by atoms with Gasteiger partial charge in [0, 0.05) is 41.2 Å². The lowest BCUT2D eigenvalue weighted by molar-refractivity contribution is 1.15. The van der Waals surface area contributed by atoms with Gasteiger partial charge in [0.25, 0.3) is 0 Å². The Morgan fingerprint density at radius 1 is 0.488 bits per heavy atom. The molecule has 0 N–H and O–H groups in total. The normalized spacial score (nSPS) is 14.5. The van der Waals surface area contributed by atoms with Crippen molar-refractivity contribution in [2.75, 3.05) is 47.4 Å². The Labute approximate surface area is 238 Å². The molecule has 41 heavy (non-hydrogen) atoms. The van der Waals surface area contributed by atoms with Crippen LogP contribution in [0.4, 0.5) is 23.3 Å². The summed E-state index contributed by atoms with van der Waals surface area (Å²) in [5, 5.41) is 2.41. The second-order valence-electron chi connectivity index (χ2n) is 10.8. The van der Waals surface area contributed by atoms with Crippen molar-refractivity contribution >= 4 is 70.0 Å². The Kier molecular flexibility index (Phi) is 5.07. The lowest BCUT2D eigenvalue weighted by Crippen LogP contribution is -2.54. The highest BCUT2D eigenvalue weighted by Crippen LogP contribution is 2.35. The standard InChI is InChI=1S/C30H27B2N9/c1-37-27-28(34-15-14-33-27)38(2)31(37)20-10-12-25-23(18-20)24-19-21(11-13-26(24)41(25)22-8-6-5-7-9-22)32-39(3)29-30(40(32)4)36-17-16-35-29/h5-19H,1-4H3. The van der Waals surface area contributed by atoms with Gasteiger partial charge in [0.05, 0.1) is 11.0 Å². The van der Waals surface area contributed by atoms with Crippen LogP contribution in [0.1, 0.15) is 0 Å². The van der Waals surface area contributed by atoms with Crippen LogP contribution in [0.3, 0.4) is 0 Å². The largest absolute Gasteiger partial charge is 0.413 e. The van der Waals surface area contributed by atoms with Crippen LogP contribution in [0.15, 0.2) is 91.5 Å². The number of aromatic nitrogens is 5. The zero-order valence-electron chi connectivity index (χ0n) is 23.3. The first-order valence-corrected chi connectivity index (χ1v) is 13.7. The molecule has 0 saturated carbocycles. The van der Waals surface area contributed by atoms with E-state index in [0.29, 0.717) is 0 Å². The molecule has 3 aromatic carbocycles. The molecule has 0 fully saturated rings. The second-order valence-corrected chi connectivity index (χ2v) is 10.8. The van der Waals surface area contributed by atoms with E-state index in [9.17, 15) is 0 Å². The third kappa shape index (κ3) is 3.32. The molecule has 11 heteroatoms. The molecule has 198 valence electrons. The molecule has 0 amide bonds. The molecule has 8 rings (SSSR count). The number of rotatable bonds is 3. The summed E-state index contributed by atoms with van der Waals surface area (Å²) in [6.45, 7) is -0.0114. The van der Waals surface area contributed by atoms with E-state index in [1.807, 2.05) is 0 Å². The molecule has 0 saturated heterocycles. The first-order chi connectivity index (χ1) is 20.0. The highest BCUT2D eigenvalue weighted by molar-refractivity contribution is 6.82. The van der Waals surface area contributed by atoms with E-state index in [1.54, 1.807) is 24.8 Å². The SMILES string of the molecule is CN1B(c2ccc3c(c2)c2cc(B4N(C)c5nccnc5N4C)ccc2n3-c2ccccc2)N(C)c2nccnc21. The number of para-hydroxylation sites is 1. The lowest BCUT2D eigenvalue weighted by Gasteiger charge is -2.23. The van der Waals surface area contributed by atoms with Crippen molar-refractivity contribution in [1.82, 2.24) is 24.5 Å². The zero-order valence-corrected chi connectivity index (χ0v) is 23.3. The number of fused-ring (bicyclic) bond motifs is 5. The molecule has 3 aromatic heterocycles. The Morgan fingerprint density at radius 2 is 0.878 bits per heavy atom. The summed E-state index contributed by atoms with van der Waals surface area (Å²) in [6, 6.07) is 24.2. The Bertz CT molecular complexity index is 1780. The topological polar surface area (TPSA) is 69.5 Å². The highest BCUT2D eigenvalue weighted by atomic mass is 15.3. The van der Waals surface area contributed by atoms with Gasteiger partial charge in [-0.3, -0.25) is 0 Å². The highest BCUT2D eigenvalue weighted by Gasteiger charge is 2.41. The number of nitrogens with zero attached hydrogens (tertiary/aromatic N) is 9. The van der Waals surface area contributed by atoms with Gasteiger partial charge in [0.15, 0.2) is 23.3 Å². The van der Waals surface area contributed by atoms with Gasteiger partial charge < -0.3 is 23.8 Å². The molecule has 9 nitrogen and oxygen atoms in total. The van der Waals surface area contributed by atoms with E-state index in [-0.39, 0.29) is 14.0 Å². The van der Waals surface area contributed by atoms with Crippen LogP contribution < -0.4 is 30.2 Å². The first kappa shape index (κ1) is 23.8. The summed E-state index contributed by atoms with van der Waals surface area (Å²) in [6.07, 6.45) is 7.02. The van der Waals surface area contributed by atoms with Crippen molar-refractivity contribution in [1.29, 1.82) is 0 Å². The minimum Gasteiger partial charge on any atom is -0.376 e. The molecule has 0 atom stereocenters. The second kappa shape index (κ2) is 8.72. The average Bonchev–Trinajstić information content (AvgIpc) is 3.57. The Hall–Kier alpha value is -5.05. The Morgan fingerprint density at radius 3 is 1.27 bits per heavy atom. The van der Waals surface area contributed by atoms with Crippen molar-refractivity contribution in [3.63, 3.8) is 0 Å². The molecule has 6 aromatic rings. The van der Waals surface area contributed by atoms with Crippen LogP contribution >= 0.6 is 0 Å². The fourth-order valence-electron chi connectivity index (χ4n) is 6.75. The maximum Gasteiger partial charge on any atom is 0.413 e. The number of hydrogen-bond acceptors (Lipinski definition) is 8. The fraction of sp³-hybridized carbons (Fsp3) is 0.133. The summed E-state index contributed by atoms with van der Waals surface area (Å²) < 4.78 is 2.36. The monoisotopic (exact) mass is 535 g/mol. The number of anilines is 4. The zero-order chi connectivity index (χ0) is 27.8. The fourth-order valence-corrected chi connectivity index (χ4v) is 6.75. The molecule has 0 aliphatic carbocycles. The molecule has 0 unspecified atom stereocenters. The van der Waals surface area contributed by atoms with E-state index in [0.717, 1.165) is 29.0 Å². The molecular formula is C30H27B2N9. The van der Waals surface area contributed by atoms with Crippen molar-refractivity contribution in [3.05, 3.63) is 91.5 Å². The first-order valence-electron chi connectivity index (χ1n) is 13.7. The van der Waals surface area contributed by atoms with Gasteiger partial charge >= 0.3 is 14.0 Å². The molecule has 5 heterocycles. The maximum absolute atomic E-state index is 4.61. The molecule has 0 spiro atoms. The number of hydrogen-bond donors (Lipinski definition) is 0. The van der Waals surface area contributed by atoms with Gasteiger partial charge in [-0.2, -0.15) is 0 Å². The minimum atomic E-state index is -0.00569. The lowest BCUT2D eigenvalue weighted by atomic mass is 9.65. The summed E-state index contributed by atoms with van der Waals surface area (Å²) in [5.74, 6) is 3.57. The van der Waals surface area contributed by atoms with Gasteiger partial charge in [-0.1, -0.05) is 42.5 Å². The van der Waals surface area contributed by atoms with E-state index in [1.165, 1.54) is 32.7 Å². The molecule has 2 aliphatic heterocycles. The van der Waals surface area contributed by atoms with Gasteiger partial charge in [-0.05, 0) is 63.4 Å². The average molecular weight is 535 g/mol. The summed E-state index contributed by atoms with van der Waals surface area (Å²) in [4.78, 5) is 27.2. The van der Waals surface area contributed by atoms with Crippen molar-refractivity contribution in [3.8, 4) is 5.69 Å². The van der Waals surface area contributed by atoms with Crippen LogP contribution in [0.25, 0.3) is 27.5 Å². The number of benzene rings is 3. The maximum atomic E-state index is 4.61. The van der Waals surface area contributed by atoms with Crippen molar-refractivity contribution in [2.24, 2.45) is 0 Å². The molecule has 0 radical (unpaired) electrons. The Balaban J connectivity index is 1.33. The van der Waals surface area contributed by atoms with Crippen LogP contribution in [0.5, 0.6) is 0 Å². The summed E-state index contributed by atoms with van der Waals surface area (Å²) in [7, 11) is 8.34. The van der Waals surface area contributed by atoms with Gasteiger partial charge in [0.2, 0.25) is 0 Å². The summed E-state index contributed by atoms with van der Waals surface area (Å²) >= 11 is 0. The third-order valence-corrected chi connectivity index (χ3v) is 8.55. The third-order valence-electron chi connectivity index (χ3n) is 8.55. The van der Waals surface area contributed by atoms with Crippen LogP contribution in [-0.2, 0) is 0 Å². The predicted octanol–water partition coefficient (Wildman–Crippen LogP) is 2.93. The van der Waals surface area contributed by atoms with Gasteiger partial charge in [-0.15, -0.1) is 0 Å². The molecule has 0 bridgehead atoms. The predicted molar refractivity (Wildman–Crippen MR) is 169 cm³/mol. The van der Waals surface area contributed by atoms with Crippen LogP contribution in [0.2, 0.25) is 0 Å². The van der Waals surface area contributed by atoms with E-state index >= 15 is 0 Å². The van der Waals surface area contributed by atoms with Crippen LogP contribution in [-0.4, -0.2) is 66.7 Å². The summed E-state index contributed by atoms with van der Waals surface area (Å²) in [5.41, 5.74) is 5.86. The van der Waals surface area contributed by atoms with Crippen molar-refractivity contribution < 1.29 is 0 Å². The van der Waals surface area contributed by atoms with E-state index in [4.69, 9.17) is 0 Å². The van der Waals surface area contributed by atoms with E-state index < -0.39 is 0 Å². The van der Waals surface area contributed by atoms with Crippen molar-refractivity contribution in [2.45, 2.75) is 0 Å².